The normalized spacial score (nSPS) is 12.7. The molecule has 7 heteroatoms. The number of nitrogens with zero attached hydrogens (tertiary/aromatic N) is 2. The van der Waals surface area contributed by atoms with Gasteiger partial charge in [-0.25, -0.2) is 9.38 Å². The highest BCUT2D eigenvalue weighted by Gasteiger charge is 2.09. The molecule has 2 N–H and O–H groups in total. The molecule has 0 amide bonds. The first-order chi connectivity index (χ1) is 13.0. The molecule has 1 heterocycles. The molecule has 0 saturated heterocycles. The lowest BCUT2D eigenvalue weighted by Gasteiger charge is -2.15. The molecule has 27 heavy (non-hydrogen) atoms. The Morgan fingerprint density at radius 1 is 1.30 bits per heavy atom. The molecule has 2 rings (SSSR count). The number of guanidine groups is 1. The van der Waals surface area contributed by atoms with Crippen LogP contribution in [-0.4, -0.2) is 36.9 Å². The van der Waals surface area contributed by atoms with Crippen LogP contribution in [0.2, 0.25) is 0 Å². The number of ether oxygens (including phenoxy) is 1. The van der Waals surface area contributed by atoms with Crippen LogP contribution in [0.5, 0.6) is 5.75 Å². The first-order valence-corrected chi connectivity index (χ1v) is 9.36. The molecule has 1 aromatic heterocycles. The zero-order chi connectivity index (χ0) is 19.6. The number of hydrogen-bond donors (Lipinski definition) is 2. The van der Waals surface area contributed by atoms with E-state index in [1.807, 2.05) is 27.7 Å². The average Bonchev–Trinajstić information content (AvgIpc) is 2.96. The quantitative estimate of drug-likeness (QED) is 0.399. The molecule has 1 aromatic carbocycles. The van der Waals surface area contributed by atoms with Crippen molar-refractivity contribution in [3.05, 3.63) is 47.1 Å². The third-order valence-corrected chi connectivity index (χ3v) is 4.09. The second-order valence-corrected chi connectivity index (χ2v) is 6.41. The van der Waals surface area contributed by atoms with Crippen LogP contribution in [0.1, 0.15) is 37.3 Å². The number of aromatic nitrogens is 1. The van der Waals surface area contributed by atoms with Gasteiger partial charge in [-0.3, -0.25) is 0 Å². The third-order valence-electron chi connectivity index (χ3n) is 4.09. The number of aryl methyl sites for hydroxylation is 2. The van der Waals surface area contributed by atoms with Crippen LogP contribution in [0, 0.1) is 19.7 Å². The molecular formula is C20H29FN4O2. The first kappa shape index (κ1) is 20.7. The lowest BCUT2D eigenvalue weighted by molar-refractivity contribution is 0.220. The van der Waals surface area contributed by atoms with Crippen molar-refractivity contribution in [1.29, 1.82) is 0 Å². The summed E-state index contributed by atoms with van der Waals surface area (Å²) < 4.78 is 24.5. The predicted molar refractivity (Wildman–Crippen MR) is 105 cm³/mol. The van der Waals surface area contributed by atoms with Gasteiger partial charge < -0.3 is 19.9 Å². The van der Waals surface area contributed by atoms with Gasteiger partial charge in [0.15, 0.2) is 17.5 Å². The number of para-hydroxylation sites is 1. The van der Waals surface area contributed by atoms with Crippen LogP contribution in [-0.2, 0) is 6.42 Å². The van der Waals surface area contributed by atoms with Crippen LogP contribution in [0.3, 0.4) is 0 Å². The molecule has 0 aliphatic heterocycles. The zero-order valence-corrected chi connectivity index (χ0v) is 16.5. The summed E-state index contributed by atoms with van der Waals surface area (Å²) in [5, 5.41) is 10.5. The third kappa shape index (κ3) is 6.58. The minimum atomic E-state index is -0.363. The summed E-state index contributed by atoms with van der Waals surface area (Å²) in [6.07, 6.45) is 1.61. The van der Waals surface area contributed by atoms with Gasteiger partial charge in [-0.1, -0.05) is 17.3 Å². The first-order valence-electron chi connectivity index (χ1n) is 9.36. The Balaban J connectivity index is 1.80. The van der Waals surface area contributed by atoms with Crippen LogP contribution in [0.25, 0.3) is 0 Å². The Hall–Kier alpha value is -2.57. The molecule has 0 spiro atoms. The molecule has 0 aliphatic rings. The van der Waals surface area contributed by atoms with Crippen LogP contribution >= 0.6 is 0 Å². The van der Waals surface area contributed by atoms with E-state index in [-0.39, 0.29) is 17.7 Å². The van der Waals surface area contributed by atoms with Crippen molar-refractivity contribution < 1.29 is 13.7 Å². The van der Waals surface area contributed by atoms with Crippen LogP contribution in [0.15, 0.2) is 33.8 Å². The topological polar surface area (TPSA) is 71.7 Å². The molecule has 0 saturated carbocycles. The van der Waals surface area contributed by atoms with E-state index in [4.69, 9.17) is 9.26 Å². The van der Waals surface area contributed by atoms with Crippen molar-refractivity contribution in [2.45, 2.75) is 46.6 Å². The highest BCUT2D eigenvalue weighted by Crippen LogP contribution is 2.17. The fourth-order valence-electron chi connectivity index (χ4n) is 2.69. The van der Waals surface area contributed by atoms with Gasteiger partial charge in [0.1, 0.15) is 11.9 Å². The van der Waals surface area contributed by atoms with Gasteiger partial charge in [-0.15, -0.1) is 0 Å². The maximum Gasteiger partial charge on any atom is 0.191 e. The molecule has 0 aliphatic carbocycles. The standard InChI is InChI=1S/C20H29FN4O2/c1-5-22-20(23-12-8-9-17-15(3)25-27-16(17)4)24-13-14(2)26-19-11-7-6-10-18(19)21/h6-7,10-11,14H,5,8-9,12-13H2,1-4H3,(H2,22,23,24). The Morgan fingerprint density at radius 3 is 2.74 bits per heavy atom. The van der Waals surface area contributed by atoms with Gasteiger partial charge in [-0.2, -0.15) is 0 Å². The highest BCUT2D eigenvalue weighted by atomic mass is 19.1. The van der Waals surface area contributed by atoms with Crippen LogP contribution in [0.4, 0.5) is 4.39 Å². The lowest BCUT2D eigenvalue weighted by Crippen LogP contribution is -2.38. The van der Waals surface area contributed by atoms with E-state index in [0.717, 1.165) is 43.3 Å². The SMILES string of the molecule is CCNC(=NCC(C)Oc1ccccc1F)NCCCc1c(C)noc1C. The van der Waals surface area contributed by atoms with Crippen molar-refractivity contribution >= 4 is 5.96 Å². The molecule has 6 nitrogen and oxygen atoms in total. The Morgan fingerprint density at radius 2 is 2.07 bits per heavy atom. The summed E-state index contributed by atoms with van der Waals surface area (Å²) in [7, 11) is 0. The van der Waals surface area contributed by atoms with Crippen molar-refractivity contribution in [2.75, 3.05) is 19.6 Å². The molecule has 1 atom stereocenters. The minimum Gasteiger partial charge on any atom is -0.486 e. The van der Waals surface area contributed by atoms with E-state index in [1.165, 1.54) is 11.6 Å². The van der Waals surface area contributed by atoms with Crippen LogP contribution < -0.4 is 15.4 Å². The second kappa shape index (κ2) is 10.5. The highest BCUT2D eigenvalue weighted by molar-refractivity contribution is 5.79. The Labute approximate surface area is 160 Å². The second-order valence-electron chi connectivity index (χ2n) is 6.41. The van der Waals surface area contributed by atoms with Crippen molar-refractivity contribution in [3.63, 3.8) is 0 Å². The molecule has 148 valence electrons. The Bertz CT molecular complexity index is 726. The number of aliphatic imine (C=N–C) groups is 1. The lowest BCUT2D eigenvalue weighted by atomic mass is 10.1. The van der Waals surface area contributed by atoms with E-state index in [1.54, 1.807) is 18.2 Å². The summed E-state index contributed by atoms with van der Waals surface area (Å²) in [5.74, 6) is 1.49. The summed E-state index contributed by atoms with van der Waals surface area (Å²) in [4.78, 5) is 4.52. The zero-order valence-electron chi connectivity index (χ0n) is 16.5. The van der Waals surface area contributed by atoms with Crippen molar-refractivity contribution in [2.24, 2.45) is 4.99 Å². The maximum atomic E-state index is 13.7. The fraction of sp³-hybridized carbons (Fsp3) is 0.500. The van der Waals surface area contributed by atoms with Gasteiger partial charge in [0.25, 0.3) is 0 Å². The van der Waals surface area contributed by atoms with E-state index in [2.05, 4.69) is 20.8 Å². The average molecular weight is 376 g/mol. The monoisotopic (exact) mass is 376 g/mol. The van der Waals surface area contributed by atoms with Crippen molar-refractivity contribution in [1.82, 2.24) is 15.8 Å². The van der Waals surface area contributed by atoms with E-state index in [9.17, 15) is 4.39 Å². The predicted octanol–water partition coefficient (Wildman–Crippen LogP) is 3.39. The number of halogens is 1. The van der Waals surface area contributed by atoms with Gasteiger partial charge >= 0.3 is 0 Å². The Kier molecular flexibility index (Phi) is 8.10. The van der Waals surface area contributed by atoms with Gasteiger partial charge in [0.2, 0.25) is 0 Å². The number of hydrogen-bond acceptors (Lipinski definition) is 4. The molecule has 0 bridgehead atoms. The van der Waals surface area contributed by atoms with E-state index in [0.29, 0.717) is 6.54 Å². The smallest absolute Gasteiger partial charge is 0.191 e. The molecule has 2 aromatic rings. The van der Waals surface area contributed by atoms with Gasteiger partial charge in [-0.05, 0) is 52.7 Å². The summed E-state index contributed by atoms with van der Waals surface area (Å²) in [5.41, 5.74) is 2.12. The molecule has 1 unspecified atom stereocenters. The summed E-state index contributed by atoms with van der Waals surface area (Å²) >= 11 is 0. The van der Waals surface area contributed by atoms with E-state index < -0.39 is 0 Å². The summed E-state index contributed by atoms with van der Waals surface area (Å²) in [6.45, 7) is 9.74. The summed E-state index contributed by atoms with van der Waals surface area (Å²) in [6, 6.07) is 6.39. The van der Waals surface area contributed by atoms with Gasteiger partial charge in [0.05, 0.1) is 12.2 Å². The minimum absolute atomic E-state index is 0.236. The molecule has 0 radical (unpaired) electrons. The molecule has 0 fully saturated rings. The molecular weight excluding hydrogens is 347 g/mol. The van der Waals surface area contributed by atoms with E-state index >= 15 is 0 Å². The maximum absolute atomic E-state index is 13.7. The largest absolute Gasteiger partial charge is 0.486 e. The van der Waals surface area contributed by atoms with Crippen molar-refractivity contribution in [3.8, 4) is 5.75 Å². The van der Waals surface area contributed by atoms with Gasteiger partial charge in [0, 0.05) is 18.7 Å². The number of benzene rings is 1. The number of nitrogens with one attached hydrogen (secondary N) is 2. The fourth-order valence-corrected chi connectivity index (χ4v) is 2.69. The number of rotatable bonds is 9.